The van der Waals surface area contributed by atoms with Crippen LogP contribution in [0.4, 0.5) is 4.39 Å². The normalized spacial score (nSPS) is 12.2. The topological polar surface area (TPSA) is 98.7 Å². The van der Waals surface area contributed by atoms with Crippen molar-refractivity contribution in [3.8, 4) is 34.3 Å². The smallest absolute Gasteiger partial charge is 0.268 e. The van der Waals surface area contributed by atoms with E-state index in [1.165, 1.54) is 10.6 Å². The number of aryl methyl sites for hydroxylation is 2. The molecule has 1 unspecified atom stereocenters. The average molecular weight is 451 g/mol. The van der Waals surface area contributed by atoms with E-state index < -0.39 is 12.7 Å². The van der Waals surface area contributed by atoms with Crippen LogP contribution in [0.25, 0.3) is 34.3 Å². The van der Waals surface area contributed by atoms with Gasteiger partial charge in [0.05, 0.1) is 23.6 Å². The summed E-state index contributed by atoms with van der Waals surface area (Å²) in [4.78, 5) is 21.2. The summed E-state index contributed by atoms with van der Waals surface area (Å²) >= 11 is 0. The quantitative estimate of drug-likeness (QED) is 0.452. The SMILES string of the molecule is CNCc1ccc(-c2nnc(-c3nc(-c4ccc(=O)n(C(C)CF)c4)cnc3C)o2)c(C)c1.[HH]. The van der Waals surface area contributed by atoms with Gasteiger partial charge in [-0.2, -0.15) is 0 Å². The second-order valence-corrected chi connectivity index (χ2v) is 7.95. The maximum absolute atomic E-state index is 13.1. The molecule has 1 aromatic carbocycles. The lowest BCUT2D eigenvalue weighted by atomic mass is 10.1. The minimum Gasteiger partial charge on any atom is -0.415 e. The van der Waals surface area contributed by atoms with Gasteiger partial charge in [-0.25, -0.2) is 9.37 Å². The standard InChI is InChI=1S/C24H25FN6O2.H2/c1-14-9-17(11-26-4)5-7-19(14)23-29-30-24(33-23)22-16(3)27-12-20(28-22)18-6-8-21(32)31(13-18)15(2)10-25;/h5-9,12-13,15,26H,10-11H2,1-4H3;1H. The number of nitrogens with zero attached hydrogens (tertiary/aromatic N) is 5. The first-order chi connectivity index (χ1) is 15.9. The number of hydrogen-bond donors (Lipinski definition) is 1. The summed E-state index contributed by atoms with van der Waals surface area (Å²) < 4.78 is 20.4. The summed E-state index contributed by atoms with van der Waals surface area (Å²) in [6.45, 7) is 5.57. The van der Waals surface area contributed by atoms with E-state index in [0.717, 1.165) is 23.2 Å². The molecular weight excluding hydrogens is 423 g/mol. The Bertz CT molecular complexity index is 1350. The minimum absolute atomic E-state index is 0. The van der Waals surface area contributed by atoms with E-state index in [1.807, 2.05) is 26.1 Å². The molecule has 33 heavy (non-hydrogen) atoms. The van der Waals surface area contributed by atoms with Crippen LogP contribution in [0.2, 0.25) is 0 Å². The van der Waals surface area contributed by atoms with Gasteiger partial charge in [0.2, 0.25) is 5.89 Å². The van der Waals surface area contributed by atoms with Crippen molar-refractivity contribution in [1.82, 2.24) is 30.0 Å². The molecule has 3 heterocycles. The molecule has 0 saturated carbocycles. The second kappa shape index (κ2) is 9.41. The lowest BCUT2D eigenvalue weighted by Crippen LogP contribution is -2.23. The molecule has 4 aromatic rings. The number of benzene rings is 1. The van der Waals surface area contributed by atoms with E-state index in [1.54, 1.807) is 32.3 Å². The molecule has 8 nitrogen and oxygen atoms in total. The van der Waals surface area contributed by atoms with Crippen molar-refractivity contribution in [2.45, 2.75) is 33.4 Å². The van der Waals surface area contributed by atoms with Crippen molar-refractivity contribution in [3.63, 3.8) is 0 Å². The molecule has 0 radical (unpaired) electrons. The Morgan fingerprint density at radius 1 is 1.18 bits per heavy atom. The van der Waals surface area contributed by atoms with Gasteiger partial charge in [-0.15, -0.1) is 10.2 Å². The van der Waals surface area contributed by atoms with Crippen LogP contribution in [0.5, 0.6) is 0 Å². The fourth-order valence-corrected chi connectivity index (χ4v) is 3.57. The van der Waals surface area contributed by atoms with E-state index >= 15 is 0 Å². The van der Waals surface area contributed by atoms with E-state index in [9.17, 15) is 9.18 Å². The van der Waals surface area contributed by atoms with Crippen LogP contribution in [0.15, 0.2) is 51.9 Å². The van der Waals surface area contributed by atoms with Gasteiger partial charge < -0.3 is 14.3 Å². The van der Waals surface area contributed by atoms with Crippen molar-refractivity contribution in [3.05, 3.63) is 69.9 Å². The van der Waals surface area contributed by atoms with Crippen molar-refractivity contribution in [2.75, 3.05) is 13.7 Å². The van der Waals surface area contributed by atoms with Crippen molar-refractivity contribution >= 4 is 0 Å². The third-order valence-electron chi connectivity index (χ3n) is 5.42. The molecule has 1 atom stereocenters. The summed E-state index contributed by atoms with van der Waals surface area (Å²) in [6.07, 6.45) is 3.19. The maximum Gasteiger partial charge on any atom is 0.268 e. The predicted molar refractivity (Wildman–Crippen MR) is 125 cm³/mol. The lowest BCUT2D eigenvalue weighted by Gasteiger charge is -2.13. The Labute approximate surface area is 192 Å². The van der Waals surface area contributed by atoms with Gasteiger partial charge in [-0.05, 0) is 51.1 Å². The third kappa shape index (κ3) is 4.58. The molecule has 9 heteroatoms. The second-order valence-electron chi connectivity index (χ2n) is 7.95. The molecular formula is C24H27FN6O2. The molecule has 0 aliphatic heterocycles. The number of nitrogens with one attached hydrogen (secondary N) is 1. The van der Waals surface area contributed by atoms with E-state index in [4.69, 9.17) is 4.42 Å². The molecule has 0 aliphatic carbocycles. The first-order valence-electron chi connectivity index (χ1n) is 10.6. The number of halogens is 1. The van der Waals surface area contributed by atoms with E-state index in [2.05, 4.69) is 31.5 Å². The van der Waals surface area contributed by atoms with Gasteiger partial charge in [0.1, 0.15) is 12.4 Å². The molecule has 0 spiro atoms. The lowest BCUT2D eigenvalue weighted by molar-refractivity contribution is 0.371. The van der Waals surface area contributed by atoms with Crippen LogP contribution in [0.1, 0.15) is 31.2 Å². The highest BCUT2D eigenvalue weighted by Crippen LogP contribution is 2.28. The van der Waals surface area contributed by atoms with Crippen LogP contribution in [0, 0.1) is 13.8 Å². The zero-order chi connectivity index (χ0) is 23.5. The molecule has 0 amide bonds. The Hall–Kier alpha value is -3.72. The van der Waals surface area contributed by atoms with Gasteiger partial charge in [0, 0.05) is 31.4 Å². The summed E-state index contributed by atoms with van der Waals surface area (Å²) in [6, 6.07) is 8.52. The number of pyridine rings is 1. The number of alkyl halides is 1. The van der Waals surface area contributed by atoms with Crippen molar-refractivity contribution in [1.29, 1.82) is 0 Å². The molecule has 0 saturated heterocycles. The van der Waals surface area contributed by atoms with E-state index in [-0.39, 0.29) is 12.9 Å². The predicted octanol–water partition coefficient (Wildman–Crippen LogP) is 4.14. The number of hydrogen-bond acceptors (Lipinski definition) is 7. The fourth-order valence-electron chi connectivity index (χ4n) is 3.57. The zero-order valence-corrected chi connectivity index (χ0v) is 19.0. The van der Waals surface area contributed by atoms with Gasteiger partial charge in [0.15, 0.2) is 0 Å². The Morgan fingerprint density at radius 2 is 1.97 bits per heavy atom. The highest BCUT2D eigenvalue weighted by atomic mass is 19.1. The summed E-state index contributed by atoms with van der Waals surface area (Å²) in [5.41, 5.74) is 4.99. The molecule has 1 N–H and O–H groups in total. The van der Waals surface area contributed by atoms with Crippen molar-refractivity contribution in [2.24, 2.45) is 0 Å². The number of aromatic nitrogens is 5. The zero-order valence-electron chi connectivity index (χ0n) is 19.0. The van der Waals surface area contributed by atoms with Crippen LogP contribution in [-0.2, 0) is 6.54 Å². The summed E-state index contributed by atoms with van der Waals surface area (Å²) in [5.74, 6) is 0.649. The van der Waals surface area contributed by atoms with Crippen molar-refractivity contribution < 1.29 is 10.2 Å². The monoisotopic (exact) mass is 450 g/mol. The van der Waals surface area contributed by atoms with Gasteiger partial charge in [-0.3, -0.25) is 9.78 Å². The first-order valence-corrected chi connectivity index (χ1v) is 10.6. The van der Waals surface area contributed by atoms with Gasteiger partial charge in [0.25, 0.3) is 11.4 Å². The van der Waals surface area contributed by atoms with Gasteiger partial charge in [-0.1, -0.05) is 12.1 Å². The largest absolute Gasteiger partial charge is 0.415 e. The summed E-state index contributed by atoms with van der Waals surface area (Å²) in [7, 11) is 1.90. The number of rotatable bonds is 7. The Morgan fingerprint density at radius 3 is 2.70 bits per heavy atom. The van der Waals surface area contributed by atoms with Crippen LogP contribution >= 0.6 is 0 Å². The highest BCUT2D eigenvalue weighted by molar-refractivity contribution is 5.64. The van der Waals surface area contributed by atoms with Crippen LogP contribution < -0.4 is 10.9 Å². The molecule has 3 aromatic heterocycles. The first kappa shape index (κ1) is 22.5. The van der Waals surface area contributed by atoms with Crippen LogP contribution in [-0.4, -0.2) is 38.5 Å². The van der Waals surface area contributed by atoms with Crippen LogP contribution in [0.3, 0.4) is 0 Å². The average Bonchev–Trinajstić information content (AvgIpc) is 3.29. The minimum atomic E-state index is -0.645. The molecule has 172 valence electrons. The Balaban J connectivity index is 0.00000324. The molecule has 0 bridgehead atoms. The third-order valence-corrected chi connectivity index (χ3v) is 5.42. The fraction of sp³-hybridized carbons (Fsp3) is 0.292. The molecule has 0 aliphatic rings. The van der Waals surface area contributed by atoms with E-state index in [0.29, 0.717) is 28.5 Å². The van der Waals surface area contributed by atoms with Gasteiger partial charge >= 0.3 is 0 Å². The molecule has 0 fully saturated rings. The maximum atomic E-state index is 13.1. The highest BCUT2D eigenvalue weighted by Gasteiger charge is 2.18. The Kier molecular flexibility index (Phi) is 6.41. The molecule has 4 rings (SSSR count). The summed E-state index contributed by atoms with van der Waals surface area (Å²) in [5, 5.41) is 11.5.